The van der Waals surface area contributed by atoms with Crippen LogP contribution in [0.25, 0.3) is 10.4 Å². The molecular weight excluding hydrogens is 367 g/mol. The SMILES string of the molecule is O=C(NNC(=O)[C@@H]1Cc2ccccc2O1)c1ccc(-c2ccc(F)cc2)s1. The zero-order valence-corrected chi connectivity index (χ0v) is 14.9. The van der Waals surface area contributed by atoms with Crippen LogP contribution in [0.5, 0.6) is 5.75 Å². The Morgan fingerprint density at radius 3 is 2.56 bits per heavy atom. The van der Waals surface area contributed by atoms with Crippen molar-refractivity contribution in [3.05, 3.63) is 76.9 Å². The lowest BCUT2D eigenvalue weighted by molar-refractivity contribution is -0.128. The zero-order valence-electron chi connectivity index (χ0n) is 14.1. The number of carbonyl (C=O) groups excluding carboxylic acids is 2. The molecule has 2 aromatic carbocycles. The molecule has 0 fully saturated rings. The highest BCUT2D eigenvalue weighted by molar-refractivity contribution is 7.17. The van der Waals surface area contributed by atoms with E-state index in [1.165, 1.54) is 23.5 Å². The molecule has 2 heterocycles. The maximum Gasteiger partial charge on any atom is 0.279 e. The number of rotatable bonds is 3. The fraction of sp³-hybridized carbons (Fsp3) is 0.100. The number of hydrazine groups is 1. The van der Waals surface area contributed by atoms with Gasteiger partial charge in [0, 0.05) is 11.3 Å². The number of hydrogen-bond acceptors (Lipinski definition) is 4. The Morgan fingerprint density at radius 2 is 1.78 bits per heavy atom. The number of ether oxygens (including phenoxy) is 1. The molecule has 4 rings (SSSR count). The molecular formula is C20H15FN2O3S. The van der Waals surface area contributed by atoms with E-state index in [0.29, 0.717) is 17.0 Å². The first-order valence-corrected chi connectivity index (χ1v) is 9.12. The highest BCUT2D eigenvalue weighted by Gasteiger charge is 2.29. The first kappa shape index (κ1) is 17.2. The molecule has 5 nitrogen and oxygen atoms in total. The Kier molecular flexibility index (Phi) is 4.60. The summed E-state index contributed by atoms with van der Waals surface area (Å²) < 4.78 is 18.6. The van der Waals surface area contributed by atoms with Gasteiger partial charge in [0.25, 0.3) is 11.8 Å². The van der Waals surface area contributed by atoms with E-state index in [2.05, 4.69) is 10.9 Å². The highest BCUT2D eigenvalue weighted by Crippen LogP contribution is 2.29. The lowest BCUT2D eigenvalue weighted by Gasteiger charge is -2.11. The van der Waals surface area contributed by atoms with E-state index in [4.69, 9.17) is 4.74 Å². The molecule has 2 amide bonds. The standard InChI is InChI=1S/C20H15FN2O3S/c21-14-7-5-12(6-8-14)17-9-10-18(27-17)20(25)23-22-19(24)16-11-13-3-1-2-4-15(13)26-16/h1-10,16H,11H2,(H,22,24)(H,23,25)/t16-/m0/s1. The van der Waals surface area contributed by atoms with Crippen molar-refractivity contribution in [2.24, 2.45) is 0 Å². The second-order valence-electron chi connectivity index (χ2n) is 6.03. The first-order valence-electron chi connectivity index (χ1n) is 8.31. The summed E-state index contributed by atoms with van der Waals surface area (Å²) in [4.78, 5) is 25.8. The number of thiophene rings is 1. The minimum Gasteiger partial charge on any atom is -0.480 e. The number of benzene rings is 2. The van der Waals surface area contributed by atoms with Crippen molar-refractivity contribution in [2.75, 3.05) is 0 Å². The molecule has 1 atom stereocenters. The van der Waals surface area contributed by atoms with Gasteiger partial charge in [0.1, 0.15) is 11.6 Å². The third kappa shape index (κ3) is 3.68. The van der Waals surface area contributed by atoms with Crippen molar-refractivity contribution >= 4 is 23.2 Å². The maximum absolute atomic E-state index is 13.0. The van der Waals surface area contributed by atoms with Gasteiger partial charge in [-0.2, -0.15) is 0 Å². The molecule has 3 aromatic rings. The van der Waals surface area contributed by atoms with Gasteiger partial charge in [-0.15, -0.1) is 11.3 Å². The molecule has 0 aliphatic carbocycles. The minimum atomic E-state index is -0.666. The number of carbonyl (C=O) groups is 2. The Hall–Kier alpha value is -3.19. The van der Waals surface area contributed by atoms with E-state index >= 15 is 0 Å². The molecule has 0 bridgehead atoms. The fourth-order valence-corrected chi connectivity index (χ4v) is 3.72. The molecule has 0 saturated carbocycles. The van der Waals surface area contributed by atoms with Crippen LogP contribution in [0, 0.1) is 5.82 Å². The number of para-hydroxylation sites is 1. The third-order valence-electron chi connectivity index (χ3n) is 4.20. The van der Waals surface area contributed by atoms with E-state index in [9.17, 15) is 14.0 Å². The predicted molar refractivity (Wildman–Crippen MR) is 99.9 cm³/mol. The number of hydrogen-bond donors (Lipinski definition) is 2. The average Bonchev–Trinajstić information content (AvgIpc) is 3.33. The smallest absolute Gasteiger partial charge is 0.279 e. The largest absolute Gasteiger partial charge is 0.480 e. The van der Waals surface area contributed by atoms with Crippen LogP contribution < -0.4 is 15.6 Å². The van der Waals surface area contributed by atoms with E-state index in [-0.39, 0.29) is 5.82 Å². The van der Waals surface area contributed by atoms with Gasteiger partial charge in [0.15, 0.2) is 6.10 Å². The molecule has 7 heteroatoms. The molecule has 0 unspecified atom stereocenters. The molecule has 1 aliphatic heterocycles. The zero-order chi connectivity index (χ0) is 18.8. The average molecular weight is 382 g/mol. The number of fused-ring (bicyclic) bond motifs is 1. The Morgan fingerprint density at radius 1 is 1.00 bits per heavy atom. The minimum absolute atomic E-state index is 0.313. The molecule has 1 aliphatic rings. The Balaban J connectivity index is 1.35. The Bertz CT molecular complexity index is 975. The molecule has 27 heavy (non-hydrogen) atoms. The van der Waals surface area contributed by atoms with E-state index in [0.717, 1.165) is 16.0 Å². The normalized spacial score (nSPS) is 14.9. The maximum atomic E-state index is 13.0. The summed E-state index contributed by atoms with van der Waals surface area (Å²) in [7, 11) is 0. The molecule has 0 spiro atoms. The van der Waals surface area contributed by atoms with E-state index in [1.807, 2.05) is 24.3 Å². The summed E-state index contributed by atoms with van der Waals surface area (Å²) >= 11 is 1.26. The van der Waals surface area contributed by atoms with Gasteiger partial charge in [-0.05, 0) is 41.5 Å². The van der Waals surface area contributed by atoms with Crippen LogP contribution in [-0.2, 0) is 11.2 Å². The predicted octanol–water partition coefficient (Wildman–Crippen LogP) is 3.32. The van der Waals surface area contributed by atoms with Crippen molar-refractivity contribution in [3.8, 4) is 16.2 Å². The van der Waals surface area contributed by atoms with Crippen molar-refractivity contribution in [1.29, 1.82) is 0 Å². The second-order valence-corrected chi connectivity index (χ2v) is 7.12. The molecule has 136 valence electrons. The van der Waals surface area contributed by atoms with Gasteiger partial charge in [0.05, 0.1) is 4.88 Å². The number of nitrogens with one attached hydrogen (secondary N) is 2. The summed E-state index contributed by atoms with van der Waals surface area (Å²) in [5.74, 6) is -0.453. The van der Waals surface area contributed by atoms with Gasteiger partial charge < -0.3 is 4.74 Å². The summed E-state index contributed by atoms with van der Waals surface area (Å²) in [6.07, 6.45) is -0.202. The fourth-order valence-electron chi connectivity index (χ4n) is 2.82. The summed E-state index contributed by atoms with van der Waals surface area (Å²) in [5.41, 5.74) is 6.60. The van der Waals surface area contributed by atoms with Gasteiger partial charge in [-0.1, -0.05) is 30.3 Å². The van der Waals surface area contributed by atoms with Gasteiger partial charge >= 0.3 is 0 Å². The van der Waals surface area contributed by atoms with Gasteiger partial charge in [0.2, 0.25) is 0 Å². The van der Waals surface area contributed by atoms with Crippen LogP contribution in [0.15, 0.2) is 60.7 Å². The van der Waals surface area contributed by atoms with Crippen LogP contribution in [0.4, 0.5) is 4.39 Å². The van der Waals surface area contributed by atoms with Crippen molar-refractivity contribution in [2.45, 2.75) is 12.5 Å². The number of halogens is 1. The molecule has 0 radical (unpaired) electrons. The van der Waals surface area contributed by atoms with Crippen LogP contribution in [-0.4, -0.2) is 17.9 Å². The quantitative estimate of drug-likeness (QED) is 0.683. The summed E-state index contributed by atoms with van der Waals surface area (Å²) in [5, 5.41) is 0. The monoisotopic (exact) mass is 382 g/mol. The van der Waals surface area contributed by atoms with Crippen LogP contribution >= 0.6 is 11.3 Å². The van der Waals surface area contributed by atoms with Crippen LogP contribution in [0.3, 0.4) is 0 Å². The molecule has 2 N–H and O–H groups in total. The first-order chi connectivity index (χ1) is 13.1. The number of amides is 2. The second kappa shape index (κ2) is 7.20. The molecule has 1 aromatic heterocycles. The third-order valence-corrected chi connectivity index (χ3v) is 5.33. The van der Waals surface area contributed by atoms with Gasteiger partial charge in [-0.3, -0.25) is 20.4 Å². The van der Waals surface area contributed by atoms with Crippen molar-refractivity contribution in [3.63, 3.8) is 0 Å². The van der Waals surface area contributed by atoms with E-state index < -0.39 is 17.9 Å². The van der Waals surface area contributed by atoms with Crippen molar-refractivity contribution in [1.82, 2.24) is 10.9 Å². The van der Waals surface area contributed by atoms with Crippen molar-refractivity contribution < 1.29 is 18.7 Å². The summed E-state index contributed by atoms with van der Waals surface area (Å²) in [6, 6.07) is 16.9. The molecule has 0 saturated heterocycles. The highest BCUT2D eigenvalue weighted by atomic mass is 32.1. The van der Waals surface area contributed by atoms with E-state index in [1.54, 1.807) is 24.3 Å². The summed E-state index contributed by atoms with van der Waals surface area (Å²) in [6.45, 7) is 0. The lowest BCUT2D eigenvalue weighted by Crippen LogP contribution is -2.47. The Labute approximate surface area is 158 Å². The van der Waals surface area contributed by atoms with Gasteiger partial charge in [-0.25, -0.2) is 4.39 Å². The van der Waals surface area contributed by atoms with Crippen LogP contribution in [0.2, 0.25) is 0 Å². The topological polar surface area (TPSA) is 67.4 Å². The lowest BCUT2D eigenvalue weighted by atomic mass is 10.1. The van der Waals surface area contributed by atoms with Crippen LogP contribution in [0.1, 0.15) is 15.2 Å².